The molecule has 166 valence electrons. The number of amides is 1. The third-order valence-corrected chi connectivity index (χ3v) is 7.48. The highest BCUT2D eigenvalue weighted by Gasteiger charge is 2.21. The lowest BCUT2D eigenvalue weighted by molar-refractivity contribution is 0.0698. The van der Waals surface area contributed by atoms with Crippen molar-refractivity contribution in [1.82, 2.24) is 0 Å². The molecule has 0 spiro atoms. The number of anilines is 2. The number of carbonyl (C=O) groups excluding carboxylic acids is 1. The Labute approximate surface area is 206 Å². The Balaban J connectivity index is 1.89. The van der Waals surface area contributed by atoms with Crippen molar-refractivity contribution >= 4 is 76.7 Å². The summed E-state index contributed by atoms with van der Waals surface area (Å²) in [5, 5.41) is 11.9. The van der Waals surface area contributed by atoms with E-state index in [0.717, 1.165) is 5.56 Å². The summed E-state index contributed by atoms with van der Waals surface area (Å²) >= 11 is 12.1. The molecule has 0 aliphatic heterocycles. The zero-order chi connectivity index (χ0) is 23.5. The quantitative estimate of drug-likeness (QED) is 0.300. The van der Waals surface area contributed by atoms with Crippen LogP contribution in [0, 0.1) is 0 Å². The van der Waals surface area contributed by atoms with Crippen LogP contribution in [0.5, 0.6) is 0 Å². The van der Waals surface area contributed by atoms with E-state index < -0.39 is 21.9 Å². The summed E-state index contributed by atoms with van der Waals surface area (Å²) in [5.74, 6) is -1.58. The Bertz CT molecular complexity index is 1300. The van der Waals surface area contributed by atoms with E-state index in [-0.39, 0.29) is 26.2 Å². The molecule has 3 N–H and O–H groups in total. The van der Waals surface area contributed by atoms with E-state index in [1.807, 2.05) is 0 Å². The predicted molar refractivity (Wildman–Crippen MR) is 130 cm³/mol. The van der Waals surface area contributed by atoms with Gasteiger partial charge in [0.1, 0.15) is 4.90 Å². The number of nitrogens with one attached hydrogen (secondary N) is 2. The van der Waals surface area contributed by atoms with Crippen LogP contribution in [0.25, 0.3) is 0 Å². The maximum atomic E-state index is 12.9. The summed E-state index contributed by atoms with van der Waals surface area (Å²) < 4.78 is 29.1. The highest BCUT2D eigenvalue weighted by molar-refractivity contribution is 9.10. The number of rotatable bonds is 7. The van der Waals surface area contributed by atoms with Gasteiger partial charge >= 0.3 is 5.97 Å². The molecule has 0 aliphatic rings. The average Bonchev–Trinajstić information content (AvgIpc) is 2.75. The lowest BCUT2D eigenvalue weighted by Gasteiger charge is -2.13. The second-order valence-electron chi connectivity index (χ2n) is 6.53. The van der Waals surface area contributed by atoms with Crippen LogP contribution in [0.4, 0.5) is 11.4 Å². The van der Waals surface area contributed by atoms with Crippen molar-refractivity contribution in [3.05, 3.63) is 86.3 Å². The van der Waals surface area contributed by atoms with Crippen molar-refractivity contribution in [2.75, 3.05) is 10.0 Å². The van der Waals surface area contributed by atoms with Gasteiger partial charge in [0.15, 0.2) is 0 Å². The van der Waals surface area contributed by atoms with Gasteiger partial charge in [0.2, 0.25) is 0 Å². The summed E-state index contributed by atoms with van der Waals surface area (Å²) in [6, 6.07) is 15.0. The third-order valence-electron chi connectivity index (χ3n) is 4.30. The fraction of sp³-hybridized carbons (Fsp3) is 0.0476. The van der Waals surface area contributed by atoms with Crippen molar-refractivity contribution in [3.63, 3.8) is 0 Å². The Hall–Kier alpha value is -2.40. The first-order valence-corrected chi connectivity index (χ1v) is 12.5. The van der Waals surface area contributed by atoms with E-state index in [1.165, 1.54) is 30.3 Å². The molecular weight excluding hydrogens is 588 g/mol. The molecule has 7 nitrogen and oxygen atoms in total. The highest BCUT2D eigenvalue weighted by atomic mass is 79.9. The van der Waals surface area contributed by atoms with Crippen molar-refractivity contribution < 1.29 is 23.1 Å². The molecule has 0 heterocycles. The molecule has 0 fully saturated rings. The minimum Gasteiger partial charge on any atom is -0.478 e. The van der Waals surface area contributed by atoms with Gasteiger partial charge < -0.3 is 10.4 Å². The molecule has 3 aromatic rings. The van der Waals surface area contributed by atoms with E-state index in [4.69, 9.17) is 11.6 Å². The molecule has 0 unspecified atom stereocenters. The molecule has 3 aromatic carbocycles. The van der Waals surface area contributed by atoms with Crippen molar-refractivity contribution in [2.45, 2.75) is 10.8 Å². The van der Waals surface area contributed by atoms with Gasteiger partial charge in [0, 0.05) is 26.1 Å². The number of benzene rings is 3. The number of hydrogen-bond donors (Lipinski definition) is 3. The van der Waals surface area contributed by atoms with Gasteiger partial charge in [-0.3, -0.25) is 9.52 Å². The smallest absolute Gasteiger partial charge is 0.337 e. The summed E-state index contributed by atoms with van der Waals surface area (Å²) in [4.78, 5) is 24.0. The summed E-state index contributed by atoms with van der Waals surface area (Å²) in [5.41, 5.74) is 1.17. The number of carboxylic acid groups (broad SMARTS) is 1. The van der Waals surface area contributed by atoms with E-state index in [9.17, 15) is 23.1 Å². The molecule has 0 radical (unpaired) electrons. The third kappa shape index (κ3) is 5.69. The minimum atomic E-state index is -4.03. The number of halogens is 3. The van der Waals surface area contributed by atoms with Crippen LogP contribution in [0.1, 0.15) is 26.3 Å². The van der Waals surface area contributed by atoms with E-state index in [1.54, 1.807) is 30.3 Å². The zero-order valence-electron chi connectivity index (χ0n) is 16.1. The van der Waals surface area contributed by atoms with Crippen LogP contribution < -0.4 is 10.0 Å². The number of sulfonamides is 1. The van der Waals surface area contributed by atoms with Crippen molar-refractivity contribution in [3.8, 4) is 0 Å². The lowest BCUT2D eigenvalue weighted by atomic mass is 10.1. The Kier molecular flexibility index (Phi) is 7.60. The summed E-state index contributed by atoms with van der Waals surface area (Å²) in [6.07, 6.45) is 0. The van der Waals surface area contributed by atoms with E-state index in [2.05, 4.69) is 41.9 Å². The molecule has 32 heavy (non-hydrogen) atoms. The van der Waals surface area contributed by atoms with Gasteiger partial charge in [0.25, 0.3) is 15.9 Å². The molecule has 0 saturated heterocycles. The second-order valence-corrected chi connectivity index (χ2v) is 10.2. The van der Waals surface area contributed by atoms with Gasteiger partial charge in [-0.1, -0.05) is 28.1 Å². The molecule has 3 rings (SSSR count). The number of alkyl halides is 1. The first kappa shape index (κ1) is 24.2. The van der Waals surface area contributed by atoms with Gasteiger partial charge in [-0.05, 0) is 70.0 Å². The maximum Gasteiger partial charge on any atom is 0.337 e. The van der Waals surface area contributed by atoms with Crippen LogP contribution in [0.15, 0.2) is 74.5 Å². The molecule has 0 aromatic heterocycles. The van der Waals surface area contributed by atoms with E-state index in [0.29, 0.717) is 16.0 Å². The zero-order valence-corrected chi connectivity index (χ0v) is 20.8. The van der Waals surface area contributed by atoms with Crippen LogP contribution in [0.2, 0.25) is 0 Å². The second kappa shape index (κ2) is 10.0. The van der Waals surface area contributed by atoms with Gasteiger partial charge in [0.05, 0.1) is 11.3 Å². The maximum absolute atomic E-state index is 12.9. The average molecular weight is 603 g/mol. The summed E-state index contributed by atoms with van der Waals surface area (Å²) in [7, 11) is -4.03. The van der Waals surface area contributed by atoms with Crippen molar-refractivity contribution in [1.29, 1.82) is 0 Å². The summed E-state index contributed by atoms with van der Waals surface area (Å²) in [6.45, 7) is 0. The standard InChI is InChI=1S/C21H15Br2ClN2O5S/c22-14-4-8-18(16(10-14)21(28)29)25-20(27)13-3-7-17(23)19(9-13)32(30,31)26-15-5-1-12(11-24)2-6-15/h1-10,26H,11H2,(H,25,27)(H,28,29). The Morgan fingerprint density at radius 1 is 0.969 bits per heavy atom. The number of hydrogen-bond acceptors (Lipinski definition) is 4. The fourth-order valence-electron chi connectivity index (χ4n) is 2.72. The fourth-order valence-corrected chi connectivity index (χ4v) is 5.31. The minimum absolute atomic E-state index is 0.0327. The molecule has 0 bridgehead atoms. The van der Waals surface area contributed by atoms with Crippen LogP contribution in [-0.4, -0.2) is 25.4 Å². The highest BCUT2D eigenvalue weighted by Crippen LogP contribution is 2.27. The van der Waals surface area contributed by atoms with Gasteiger partial charge in [-0.2, -0.15) is 0 Å². The molecule has 0 saturated carbocycles. The SMILES string of the molecule is O=C(Nc1ccc(Br)cc1C(=O)O)c1ccc(Br)c(S(=O)(=O)Nc2ccc(CCl)cc2)c1. The van der Waals surface area contributed by atoms with Gasteiger partial charge in [-0.25, -0.2) is 13.2 Å². The Morgan fingerprint density at radius 2 is 1.66 bits per heavy atom. The number of carbonyl (C=O) groups is 2. The normalized spacial score (nSPS) is 11.1. The molecule has 1 amide bonds. The molecule has 0 aliphatic carbocycles. The van der Waals surface area contributed by atoms with Crippen LogP contribution in [-0.2, 0) is 15.9 Å². The van der Waals surface area contributed by atoms with Crippen LogP contribution in [0.3, 0.4) is 0 Å². The number of aromatic carboxylic acids is 1. The molecular formula is C21H15Br2ClN2O5S. The van der Waals surface area contributed by atoms with Crippen LogP contribution >= 0.6 is 43.5 Å². The van der Waals surface area contributed by atoms with Gasteiger partial charge in [-0.15, -0.1) is 11.6 Å². The number of carboxylic acids is 1. The Morgan fingerprint density at radius 3 is 2.28 bits per heavy atom. The first-order chi connectivity index (χ1) is 15.1. The van der Waals surface area contributed by atoms with E-state index >= 15 is 0 Å². The topological polar surface area (TPSA) is 113 Å². The molecule has 11 heteroatoms. The lowest BCUT2D eigenvalue weighted by Crippen LogP contribution is -2.17. The predicted octanol–water partition coefficient (Wildman–Crippen LogP) is 5.70. The first-order valence-electron chi connectivity index (χ1n) is 8.92. The monoisotopic (exact) mass is 600 g/mol. The molecule has 0 atom stereocenters. The van der Waals surface area contributed by atoms with Crippen molar-refractivity contribution in [2.24, 2.45) is 0 Å². The largest absolute Gasteiger partial charge is 0.478 e.